The first-order chi connectivity index (χ1) is 9.52. The van der Waals surface area contributed by atoms with Gasteiger partial charge in [-0.15, -0.1) is 0 Å². The fourth-order valence-electron chi connectivity index (χ4n) is 2.54. The molecule has 0 amide bonds. The zero-order valence-corrected chi connectivity index (χ0v) is 12.7. The van der Waals surface area contributed by atoms with Crippen LogP contribution in [0.5, 0.6) is 5.75 Å². The average Bonchev–Trinajstić information content (AvgIpc) is 2.43. The maximum atomic E-state index is 10.0. The third kappa shape index (κ3) is 2.96. The van der Waals surface area contributed by atoms with Gasteiger partial charge in [-0.25, -0.2) is 0 Å². The SMILES string of the molecule is CCc1cccc(C)c1NC(C)c1cc(C)ccc1O. The molecule has 1 unspecified atom stereocenters. The van der Waals surface area contributed by atoms with Gasteiger partial charge in [0, 0.05) is 11.3 Å². The summed E-state index contributed by atoms with van der Waals surface area (Å²) in [6.45, 7) is 8.40. The molecule has 0 radical (unpaired) electrons. The lowest BCUT2D eigenvalue weighted by molar-refractivity contribution is 0.465. The Kier molecular flexibility index (Phi) is 4.33. The summed E-state index contributed by atoms with van der Waals surface area (Å²) in [5.74, 6) is 0.349. The van der Waals surface area contributed by atoms with Gasteiger partial charge in [0.05, 0.1) is 6.04 Å². The molecular formula is C18H23NO. The summed E-state index contributed by atoms with van der Waals surface area (Å²) in [5, 5.41) is 13.6. The highest BCUT2D eigenvalue weighted by molar-refractivity contribution is 5.59. The molecule has 20 heavy (non-hydrogen) atoms. The second-order valence-electron chi connectivity index (χ2n) is 5.39. The summed E-state index contributed by atoms with van der Waals surface area (Å²) in [4.78, 5) is 0. The minimum Gasteiger partial charge on any atom is -0.508 e. The molecule has 2 nitrogen and oxygen atoms in total. The molecule has 0 heterocycles. The van der Waals surface area contributed by atoms with Gasteiger partial charge in [-0.1, -0.05) is 42.8 Å². The van der Waals surface area contributed by atoms with E-state index >= 15 is 0 Å². The van der Waals surface area contributed by atoms with E-state index in [-0.39, 0.29) is 6.04 Å². The Balaban J connectivity index is 2.32. The number of para-hydroxylation sites is 1. The topological polar surface area (TPSA) is 32.3 Å². The molecule has 0 bridgehead atoms. The first-order valence-corrected chi connectivity index (χ1v) is 7.17. The van der Waals surface area contributed by atoms with Crippen molar-refractivity contribution in [1.29, 1.82) is 0 Å². The summed E-state index contributed by atoms with van der Waals surface area (Å²) in [5.41, 5.74) is 5.83. The minimum absolute atomic E-state index is 0.0706. The number of aryl methyl sites for hydroxylation is 3. The fourth-order valence-corrected chi connectivity index (χ4v) is 2.54. The van der Waals surface area contributed by atoms with Crippen molar-refractivity contribution >= 4 is 5.69 Å². The van der Waals surface area contributed by atoms with Crippen LogP contribution in [0, 0.1) is 13.8 Å². The minimum atomic E-state index is 0.0706. The molecule has 0 aliphatic carbocycles. The van der Waals surface area contributed by atoms with Crippen molar-refractivity contribution in [2.75, 3.05) is 5.32 Å². The Labute approximate surface area is 121 Å². The number of phenolic OH excluding ortho intramolecular Hbond substituents is 1. The van der Waals surface area contributed by atoms with Crippen LogP contribution in [0.2, 0.25) is 0 Å². The number of hydrogen-bond donors (Lipinski definition) is 2. The van der Waals surface area contributed by atoms with E-state index in [1.807, 2.05) is 19.1 Å². The summed E-state index contributed by atoms with van der Waals surface area (Å²) in [6, 6.07) is 12.2. The summed E-state index contributed by atoms with van der Waals surface area (Å²) in [6.07, 6.45) is 0.997. The van der Waals surface area contributed by atoms with Gasteiger partial charge in [-0.3, -0.25) is 0 Å². The molecule has 2 heteroatoms. The van der Waals surface area contributed by atoms with Crippen LogP contribution in [-0.4, -0.2) is 5.11 Å². The molecule has 0 saturated carbocycles. The fraction of sp³-hybridized carbons (Fsp3) is 0.333. The monoisotopic (exact) mass is 269 g/mol. The van der Waals surface area contributed by atoms with Crippen LogP contribution < -0.4 is 5.32 Å². The van der Waals surface area contributed by atoms with Crippen molar-refractivity contribution < 1.29 is 5.11 Å². The smallest absolute Gasteiger partial charge is 0.120 e. The van der Waals surface area contributed by atoms with E-state index in [2.05, 4.69) is 44.3 Å². The van der Waals surface area contributed by atoms with Gasteiger partial charge >= 0.3 is 0 Å². The maximum Gasteiger partial charge on any atom is 0.120 e. The van der Waals surface area contributed by atoms with Crippen LogP contribution in [0.4, 0.5) is 5.69 Å². The highest BCUT2D eigenvalue weighted by Crippen LogP contribution is 2.30. The Hall–Kier alpha value is -1.96. The lowest BCUT2D eigenvalue weighted by Crippen LogP contribution is -2.10. The highest BCUT2D eigenvalue weighted by atomic mass is 16.3. The number of hydrogen-bond acceptors (Lipinski definition) is 2. The van der Waals surface area contributed by atoms with Crippen LogP contribution in [-0.2, 0) is 6.42 Å². The van der Waals surface area contributed by atoms with Gasteiger partial charge in [-0.2, -0.15) is 0 Å². The van der Waals surface area contributed by atoms with E-state index in [4.69, 9.17) is 0 Å². The largest absolute Gasteiger partial charge is 0.508 e. The third-order valence-electron chi connectivity index (χ3n) is 3.75. The van der Waals surface area contributed by atoms with E-state index in [0.29, 0.717) is 5.75 Å². The van der Waals surface area contributed by atoms with Crippen LogP contribution in [0.15, 0.2) is 36.4 Å². The number of aromatic hydroxyl groups is 1. The number of rotatable bonds is 4. The Morgan fingerprint density at radius 2 is 1.90 bits per heavy atom. The number of anilines is 1. The molecule has 2 aromatic rings. The lowest BCUT2D eigenvalue weighted by Gasteiger charge is -2.21. The standard InChI is InChI=1S/C18H23NO/c1-5-15-8-6-7-13(3)18(15)19-14(4)16-11-12(2)9-10-17(16)20/h6-11,14,19-20H,5H2,1-4H3. The summed E-state index contributed by atoms with van der Waals surface area (Å²) in [7, 11) is 0. The Morgan fingerprint density at radius 1 is 1.15 bits per heavy atom. The highest BCUT2D eigenvalue weighted by Gasteiger charge is 2.13. The second-order valence-corrected chi connectivity index (χ2v) is 5.39. The average molecular weight is 269 g/mol. The molecular weight excluding hydrogens is 246 g/mol. The van der Waals surface area contributed by atoms with Gasteiger partial charge in [0.25, 0.3) is 0 Å². The Bertz CT molecular complexity index is 604. The molecule has 1 atom stereocenters. The van der Waals surface area contributed by atoms with Crippen molar-refractivity contribution in [3.63, 3.8) is 0 Å². The van der Waals surface area contributed by atoms with Gasteiger partial charge in [0.1, 0.15) is 5.75 Å². The molecule has 0 aliphatic heterocycles. The van der Waals surface area contributed by atoms with E-state index in [0.717, 1.165) is 17.5 Å². The zero-order chi connectivity index (χ0) is 14.7. The molecule has 0 aliphatic rings. The first kappa shape index (κ1) is 14.4. The van der Waals surface area contributed by atoms with Crippen molar-refractivity contribution in [3.05, 3.63) is 58.7 Å². The molecule has 2 aromatic carbocycles. The van der Waals surface area contributed by atoms with E-state index < -0.39 is 0 Å². The molecule has 2 rings (SSSR count). The predicted octanol–water partition coefficient (Wildman–Crippen LogP) is 4.74. The summed E-state index contributed by atoms with van der Waals surface area (Å²) >= 11 is 0. The molecule has 2 N–H and O–H groups in total. The van der Waals surface area contributed by atoms with E-state index in [9.17, 15) is 5.11 Å². The summed E-state index contributed by atoms with van der Waals surface area (Å²) < 4.78 is 0. The van der Waals surface area contributed by atoms with Crippen LogP contribution in [0.1, 0.15) is 42.1 Å². The van der Waals surface area contributed by atoms with Crippen molar-refractivity contribution in [3.8, 4) is 5.75 Å². The predicted molar refractivity (Wildman–Crippen MR) is 85.4 cm³/mol. The normalized spacial score (nSPS) is 12.2. The lowest BCUT2D eigenvalue weighted by atomic mass is 10.0. The first-order valence-electron chi connectivity index (χ1n) is 7.17. The van der Waals surface area contributed by atoms with Crippen molar-refractivity contribution in [1.82, 2.24) is 0 Å². The second kappa shape index (κ2) is 6.00. The number of phenols is 1. The van der Waals surface area contributed by atoms with Crippen molar-refractivity contribution in [2.24, 2.45) is 0 Å². The van der Waals surface area contributed by atoms with Gasteiger partial charge in [-0.05, 0) is 44.4 Å². The van der Waals surface area contributed by atoms with Crippen LogP contribution >= 0.6 is 0 Å². The van der Waals surface area contributed by atoms with Gasteiger partial charge in [0.2, 0.25) is 0 Å². The molecule has 0 fully saturated rings. The van der Waals surface area contributed by atoms with Gasteiger partial charge < -0.3 is 10.4 Å². The molecule has 0 aromatic heterocycles. The number of benzene rings is 2. The van der Waals surface area contributed by atoms with Crippen molar-refractivity contribution in [2.45, 2.75) is 40.2 Å². The molecule has 106 valence electrons. The van der Waals surface area contributed by atoms with Crippen LogP contribution in [0.3, 0.4) is 0 Å². The number of nitrogens with one attached hydrogen (secondary N) is 1. The van der Waals surface area contributed by atoms with E-state index in [1.165, 1.54) is 16.8 Å². The van der Waals surface area contributed by atoms with E-state index in [1.54, 1.807) is 6.07 Å². The maximum absolute atomic E-state index is 10.0. The van der Waals surface area contributed by atoms with Crippen LogP contribution in [0.25, 0.3) is 0 Å². The molecule has 0 spiro atoms. The van der Waals surface area contributed by atoms with Gasteiger partial charge in [0.15, 0.2) is 0 Å². The molecule has 0 saturated heterocycles. The quantitative estimate of drug-likeness (QED) is 0.840. The third-order valence-corrected chi connectivity index (χ3v) is 3.75. The Morgan fingerprint density at radius 3 is 2.60 bits per heavy atom. The zero-order valence-electron chi connectivity index (χ0n) is 12.7.